The summed E-state index contributed by atoms with van der Waals surface area (Å²) in [4.78, 5) is 16.5. The van der Waals surface area contributed by atoms with Gasteiger partial charge in [-0.05, 0) is 30.3 Å². The number of fused-ring (bicyclic) bond motifs is 3. The van der Waals surface area contributed by atoms with E-state index in [-0.39, 0.29) is 0 Å². The van der Waals surface area contributed by atoms with Crippen LogP contribution >= 0.6 is 15.9 Å². The fraction of sp³-hybridized carbons (Fsp3) is 0. The van der Waals surface area contributed by atoms with Crippen molar-refractivity contribution in [3.8, 4) is 11.4 Å². The Bertz CT molecular complexity index is 915. The van der Waals surface area contributed by atoms with Crippen molar-refractivity contribution in [3.05, 3.63) is 53.4 Å². The molecule has 4 aromatic rings. The Kier molecular flexibility index (Phi) is 2.53. The molecular weight excluding hydrogens is 316 g/mol. The van der Waals surface area contributed by atoms with Gasteiger partial charge in [-0.25, -0.2) is 4.98 Å². The molecule has 0 atom stereocenters. The lowest BCUT2D eigenvalue weighted by molar-refractivity contribution is 1.28. The quantitative estimate of drug-likeness (QED) is 0.577. The van der Waals surface area contributed by atoms with Gasteiger partial charge in [0.15, 0.2) is 0 Å². The van der Waals surface area contributed by atoms with E-state index >= 15 is 0 Å². The number of benzene rings is 1. The normalized spacial score (nSPS) is 11.2. The second-order valence-corrected chi connectivity index (χ2v) is 5.42. The Morgan fingerprint density at radius 1 is 1.05 bits per heavy atom. The van der Waals surface area contributed by atoms with Crippen LogP contribution in [0.3, 0.4) is 0 Å². The zero-order valence-electron chi connectivity index (χ0n) is 10.3. The van der Waals surface area contributed by atoms with Gasteiger partial charge in [0.2, 0.25) is 0 Å². The highest BCUT2D eigenvalue weighted by molar-refractivity contribution is 9.10. The van der Waals surface area contributed by atoms with Crippen molar-refractivity contribution in [2.75, 3.05) is 0 Å². The summed E-state index contributed by atoms with van der Waals surface area (Å²) in [5.74, 6) is 0.833. The van der Waals surface area contributed by atoms with Crippen LogP contribution in [0.1, 0.15) is 0 Å². The maximum atomic E-state index is 4.70. The van der Waals surface area contributed by atoms with Gasteiger partial charge in [0.25, 0.3) is 0 Å². The van der Waals surface area contributed by atoms with E-state index in [2.05, 4.69) is 30.9 Å². The van der Waals surface area contributed by atoms with Crippen molar-refractivity contribution in [3.63, 3.8) is 0 Å². The lowest BCUT2D eigenvalue weighted by Gasteiger charge is -1.97. The van der Waals surface area contributed by atoms with E-state index in [1.165, 1.54) is 0 Å². The summed E-state index contributed by atoms with van der Waals surface area (Å²) >= 11 is 3.46. The highest BCUT2D eigenvalue weighted by atomic mass is 79.9. The first kappa shape index (κ1) is 11.5. The van der Waals surface area contributed by atoms with Crippen LogP contribution in [-0.4, -0.2) is 19.9 Å². The number of halogens is 1. The number of nitrogens with zero attached hydrogens (tertiary/aromatic N) is 3. The molecule has 0 saturated carbocycles. The number of imidazole rings is 1. The number of hydrogen-bond acceptors (Lipinski definition) is 3. The van der Waals surface area contributed by atoms with E-state index in [0.29, 0.717) is 0 Å². The monoisotopic (exact) mass is 324 g/mol. The second-order valence-electron chi connectivity index (χ2n) is 4.50. The van der Waals surface area contributed by atoms with Crippen molar-refractivity contribution < 1.29 is 0 Å². The van der Waals surface area contributed by atoms with E-state index in [4.69, 9.17) is 4.98 Å². The number of rotatable bonds is 1. The summed E-state index contributed by atoms with van der Waals surface area (Å²) in [6.45, 7) is 0. The maximum Gasteiger partial charge on any atom is 0.138 e. The van der Waals surface area contributed by atoms with Gasteiger partial charge in [-0.3, -0.25) is 9.97 Å². The fourth-order valence-electron chi connectivity index (χ4n) is 2.28. The third-order valence-corrected chi connectivity index (χ3v) is 3.73. The minimum atomic E-state index is 0.833. The second kappa shape index (κ2) is 4.38. The Balaban J connectivity index is 2.02. The van der Waals surface area contributed by atoms with Crippen molar-refractivity contribution >= 4 is 37.9 Å². The van der Waals surface area contributed by atoms with Gasteiger partial charge in [-0.15, -0.1) is 0 Å². The van der Waals surface area contributed by atoms with Crippen LogP contribution in [0.15, 0.2) is 53.4 Å². The molecule has 0 spiro atoms. The third-order valence-electron chi connectivity index (χ3n) is 3.23. The van der Waals surface area contributed by atoms with Gasteiger partial charge in [0, 0.05) is 27.8 Å². The standard InChI is InChI=1S/C15H9BrN4/c16-10-1-2-11-12(7-10)18-8-13-14(11)20-15(19-13)9-3-5-17-6-4-9/h1-8H,(H,19,20). The van der Waals surface area contributed by atoms with E-state index < -0.39 is 0 Å². The summed E-state index contributed by atoms with van der Waals surface area (Å²) < 4.78 is 1.02. The number of pyridine rings is 2. The van der Waals surface area contributed by atoms with Gasteiger partial charge in [-0.2, -0.15) is 0 Å². The molecule has 0 fully saturated rings. The molecule has 0 bridgehead atoms. The number of H-pyrrole nitrogens is 1. The van der Waals surface area contributed by atoms with Crippen LogP contribution < -0.4 is 0 Å². The zero-order chi connectivity index (χ0) is 13.5. The first-order chi connectivity index (χ1) is 9.81. The number of aromatic nitrogens is 4. The molecule has 0 saturated heterocycles. The maximum absolute atomic E-state index is 4.70. The molecule has 4 rings (SSSR count). The molecule has 3 aromatic heterocycles. The molecule has 3 heterocycles. The van der Waals surface area contributed by atoms with E-state index in [1.807, 2.05) is 36.5 Å². The fourth-order valence-corrected chi connectivity index (χ4v) is 2.63. The van der Waals surface area contributed by atoms with Gasteiger partial charge < -0.3 is 4.98 Å². The summed E-state index contributed by atoms with van der Waals surface area (Å²) in [5.41, 5.74) is 3.82. The average Bonchev–Trinajstić information content (AvgIpc) is 2.92. The lowest BCUT2D eigenvalue weighted by atomic mass is 10.2. The Morgan fingerprint density at radius 2 is 1.90 bits per heavy atom. The van der Waals surface area contributed by atoms with Crippen molar-refractivity contribution in [1.82, 2.24) is 19.9 Å². The minimum absolute atomic E-state index is 0.833. The first-order valence-corrected chi connectivity index (χ1v) is 6.95. The van der Waals surface area contributed by atoms with Crippen LogP contribution in [0.2, 0.25) is 0 Å². The molecule has 4 nitrogen and oxygen atoms in total. The number of nitrogens with one attached hydrogen (secondary N) is 1. The van der Waals surface area contributed by atoms with Crippen LogP contribution in [0.4, 0.5) is 0 Å². The molecule has 0 aliphatic rings. The molecule has 96 valence electrons. The Morgan fingerprint density at radius 3 is 2.75 bits per heavy atom. The number of aromatic amines is 1. The van der Waals surface area contributed by atoms with E-state index in [0.717, 1.165) is 37.8 Å². The highest BCUT2D eigenvalue weighted by Gasteiger charge is 2.09. The molecule has 0 aliphatic heterocycles. The minimum Gasteiger partial charge on any atom is -0.337 e. The summed E-state index contributed by atoms with van der Waals surface area (Å²) in [7, 11) is 0. The summed E-state index contributed by atoms with van der Waals surface area (Å²) in [5, 5.41) is 1.04. The largest absolute Gasteiger partial charge is 0.337 e. The predicted octanol–water partition coefficient (Wildman–Crippen LogP) is 3.94. The van der Waals surface area contributed by atoms with Crippen molar-refractivity contribution in [1.29, 1.82) is 0 Å². The van der Waals surface area contributed by atoms with Crippen LogP contribution in [0.25, 0.3) is 33.3 Å². The number of hydrogen-bond donors (Lipinski definition) is 1. The Hall–Kier alpha value is -2.27. The van der Waals surface area contributed by atoms with Crippen LogP contribution in [-0.2, 0) is 0 Å². The summed E-state index contributed by atoms with van der Waals surface area (Å²) in [6, 6.07) is 9.90. The first-order valence-electron chi connectivity index (χ1n) is 6.16. The molecular formula is C15H9BrN4. The molecule has 0 amide bonds. The molecule has 0 unspecified atom stereocenters. The van der Waals surface area contributed by atoms with Gasteiger partial charge in [-0.1, -0.05) is 15.9 Å². The molecule has 1 aromatic carbocycles. The summed E-state index contributed by atoms with van der Waals surface area (Å²) in [6.07, 6.45) is 5.34. The van der Waals surface area contributed by atoms with Crippen molar-refractivity contribution in [2.24, 2.45) is 0 Å². The molecule has 5 heteroatoms. The zero-order valence-corrected chi connectivity index (χ0v) is 11.9. The third kappa shape index (κ3) is 1.78. The molecule has 0 radical (unpaired) electrons. The Labute approximate surface area is 123 Å². The van der Waals surface area contributed by atoms with E-state index in [9.17, 15) is 0 Å². The molecule has 0 aliphatic carbocycles. The van der Waals surface area contributed by atoms with Crippen LogP contribution in [0, 0.1) is 0 Å². The topological polar surface area (TPSA) is 54.5 Å². The van der Waals surface area contributed by atoms with Gasteiger partial charge >= 0.3 is 0 Å². The molecule has 1 N–H and O–H groups in total. The predicted molar refractivity (Wildman–Crippen MR) is 82.3 cm³/mol. The SMILES string of the molecule is Brc1ccc2c(c1)ncc1[nH]c(-c3ccncc3)nc12. The highest BCUT2D eigenvalue weighted by Crippen LogP contribution is 2.27. The van der Waals surface area contributed by atoms with Crippen molar-refractivity contribution in [2.45, 2.75) is 0 Å². The smallest absolute Gasteiger partial charge is 0.138 e. The van der Waals surface area contributed by atoms with E-state index in [1.54, 1.807) is 12.4 Å². The average molecular weight is 325 g/mol. The van der Waals surface area contributed by atoms with Gasteiger partial charge in [0.1, 0.15) is 5.82 Å². The van der Waals surface area contributed by atoms with Crippen LogP contribution in [0.5, 0.6) is 0 Å². The van der Waals surface area contributed by atoms with Gasteiger partial charge in [0.05, 0.1) is 22.7 Å². The lowest BCUT2D eigenvalue weighted by Crippen LogP contribution is -1.81. The molecule has 20 heavy (non-hydrogen) atoms.